The zero-order valence-electron chi connectivity index (χ0n) is 24.2. The van der Waals surface area contributed by atoms with Gasteiger partial charge >= 0.3 is 12.4 Å². The molecule has 12 heteroatoms. The van der Waals surface area contributed by atoms with Crippen molar-refractivity contribution in [2.45, 2.75) is 103 Å². The number of alkyl halides is 6. The van der Waals surface area contributed by atoms with Gasteiger partial charge in [0, 0.05) is 38.4 Å². The van der Waals surface area contributed by atoms with Crippen molar-refractivity contribution in [2.24, 2.45) is 16.3 Å². The lowest BCUT2D eigenvalue weighted by Gasteiger charge is -2.39. The highest BCUT2D eigenvalue weighted by atomic mass is 19.4. The van der Waals surface area contributed by atoms with Crippen LogP contribution in [-0.2, 0) is 12.6 Å². The van der Waals surface area contributed by atoms with Crippen molar-refractivity contribution in [1.29, 1.82) is 0 Å². The molecule has 0 spiro atoms. The molecular weight excluding hydrogens is 546 g/mol. The van der Waals surface area contributed by atoms with Crippen LogP contribution < -0.4 is 10.3 Å². The fourth-order valence-corrected chi connectivity index (χ4v) is 6.39. The number of aryl methyl sites for hydroxylation is 1. The zero-order valence-corrected chi connectivity index (χ0v) is 24.2. The van der Waals surface area contributed by atoms with Gasteiger partial charge in [-0.15, -0.1) is 5.11 Å². The summed E-state index contributed by atoms with van der Waals surface area (Å²) in [6.07, 6.45) is -0.330. The van der Waals surface area contributed by atoms with Crippen LogP contribution >= 0.6 is 0 Å². The molecular formula is C29H42F6N6. The van der Waals surface area contributed by atoms with Crippen LogP contribution in [0.2, 0.25) is 0 Å². The molecule has 2 aliphatic heterocycles. The van der Waals surface area contributed by atoms with Gasteiger partial charge in [0.25, 0.3) is 0 Å². The predicted molar refractivity (Wildman–Crippen MR) is 147 cm³/mol. The molecule has 0 amide bonds. The monoisotopic (exact) mass is 588 g/mol. The summed E-state index contributed by atoms with van der Waals surface area (Å²) in [5.74, 6) is 0.452. The molecule has 0 saturated heterocycles. The predicted octanol–water partition coefficient (Wildman–Crippen LogP) is 7.80. The van der Waals surface area contributed by atoms with Gasteiger partial charge in [0.1, 0.15) is 0 Å². The van der Waals surface area contributed by atoms with Gasteiger partial charge in [-0.25, -0.2) is 5.12 Å². The van der Waals surface area contributed by atoms with E-state index in [4.69, 9.17) is 0 Å². The van der Waals surface area contributed by atoms with Crippen LogP contribution in [0.25, 0.3) is 0 Å². The lowest BCUT2D eigenvalue weighted by molar-refractivity contribution is -0.138. The van der Waals surface area contributed by atoms with Crippen LogP contribution in [0.1, 0.15) is 81.4 Å². The number of anilines is 1. The lowest BCUT2D eigenvalue weighted by Crippen LogP contribution is -2.52. The molecule has 41 heavy (non-hydrogen) atoms. The van der Waals surface area contributed by atoms with E-state index in [0.717, 1.165) is 50.6 Å². The molecule has 230 valence electrons. The van der Waals surface area contributed by atoms with Crippen LogP contribution in [0.3, 0.4) is 0 Å². The van der Waals surface area contributed by atoms with E-state index in [2.05, 4.69) is 20.7 Å². The summed E-state index contributed by atoms with van der Waals surface area (Å²) < 4.78 is 80.8. The molecule has 2 heterocycles. The summed E-state index contributed by atoms with van der Waals surface area (Å²) in [5, 5.41) is 9.76. The molecule has 0 bridgehead atoms. The summed E-state index contributed by atoms with van der Waals surface area (Å²) in [5.41, 5.74) is 4.68. The van der Waals surface area contributed by atoms with E-state index in [1.165, 1.54) is 37.0 Å². The zero-order chi connectivity index (χ0) is 29.8. The summed E-state index contributed by atoms with van der Waals surface area (Å²) in [6.45, 7) is 4.75. The van der Waals surface area contributed by atoms with Crippen LogP contribution in [0, 0.1) is 12.8 Å². The van der Waals surface area contributed by atoms with Gasteiger partial charge in [0.2, 0.25) is 0 Å². The van der Waals surface area contributed by atoms with E-state index in [-0.39, 0.29) is 18.2 Å². The molecule has 1 N–H and O–H groups in total. The Kier molecular flexibility index (Phi) is 10.3. The first kappa shape index (κ1) is 31.6. The van der Waals surface area contributed by atoms with Crippen molar-refractivity contribution in [3.63, 3.8) is 0 Å². The standard InChI is InChI=1S/C29H42F6N6/c1-20(12-13-28(30,31)32)18-41(27-36-38-39(3)37-27)24-11-8-14-40(19-22-9-6-4-5-7-10-22)26-17-25(29(33,34)35)21(2)15-23(26)16-24/h12,15,17,22,24,27,37H,4-11,13-14,16,18-19H2,1-3H3/b20-12+. The number of hydrogen-bond donors (Lipinski definition) is 1. The Morgan fingerprint density at radius 1 is 1.05 bits per heavy atom. The number of hydrazine groups is 1. The fraction of sp³-hybridized carbons (Fsp3) is 0.724. The van der Waals surface area contributed by atoms with Crippen molar-refractivity contribution in [3.8, 4) is 0 Å². The van der Waals surface area contributed by atoms with E-state index in [9.17, 15) is 26.3 Å². The minimum Gasteiger partial charge on any atom is -0.371 e. The van der Waals surface area contributed by atoms with Gasteiger partial charge < -0.3 is 4.90 Å². The van der Waals surface area contributed by atoms with Gasteiger partial charge in [-0.1, -0.05) is 48.6 Å². The second-order valence-corrected chi connectivity index (χ2v) is 11.9. The van der Waals surface area contributed by atoms with Crippen molar-refractivity contribution in [2.75, 3.05) is 31.6 Å². The van der Waals surface area contributed by atoms with E-state index >= 15 is 0 Å². The Balaban J connectivity index is 1.67. The van der Waals surface area contributed by atoms with Gasteiger partial charge in [0.15, 0.2) is 6.29 Å². The van der Waals surface area contributed by atoms with E-state index in [0.29, 0.717) is 30.1 Å². The molecule has 1 saturated carbocycles. The Morgan fingerprint density at radius 3 is 2.37 bits per heavy atom. The average molecular weight is 589 g/mol. The van der Waals surface area contributed by atoms with Gasteiger partial charge in [-0.3, -0.25) is 4.90 Å². The van der Waals surface area contributed by atoms with Crippen LogP contribution in [-0.4, -0.2) is 55.2 Å². The molecule has 2 atom stereocenters. The number of nitrogens with zero attached hydrogens (tertiary/aromatic N) is 5. The van der Waals surface area contributed by atoms with E-state index < -0.39 is 30.6 Å². The molecule has 1 fully saturated rings. The number of nitrogens with one attached hydrogen (secondary N) is 1. The van der Waals surface area contributed by atoms with Crippen LogP contribution in [0.5, 0.6) is 0 Å². The largest absolute Gasteiger partial charge is 0.416 e. The quantitative estimate of drug-likeness (QED) is 0.201. The molecule has 0 radical (unpaired) electrons. The third kappa shape index (κ3) is 8.83. The van der Waals surface area contributed by atoms with E-state index in [1.807, 2.05) is 4.90 Å². The van der Waals surface area contributed by atoms with Crippen LogP contribution in [0.4, 0.5) is 32.0 Å². The minimum absolute atomic E-state index is 0.165. The van der Waals surface area contributed by atoms with Gasteiger partial charge in [-0.2, -0.15) is 31.8 Å². The highest BCUT2D eigenvalue weighted by Gasteiger charge is 2.37. The molecule has 2 unspecified atom stereocenters. The molecule has 1 aliphatic carbocycles. The third-order valence-electron chi connectivity index (χ3n) is 8.44. The number of halogens is 6. The maximum absolute atomic E-state index is 14.0. The number of allylic oxidation sites excluding steroid dienone is 1. The number of rotatable bonds is 7. The van der Waals surface area contributed by atoms with Crippen molar-refractivity contribution in [1.82, 2.24) is 15.4 Å². The summed E-state index contributed by atoms with van der Waals surface area (Å²) in [4.78, 5) is 4.16. The van der Waals surface area contributed by atoms with Crippen molar-refractivity contribution >= 4 is 5.69 Å². The maximum atomic E-state index is 14.0. The normalized spacial score (nSPS) is 23.5. The Hall–Kier alpha value is -2.34. The summed E-state index contributed by atoms with van der Waals surface area (Å²) in [6, 6.07) is 2.82. The highest BCUT2D eigenvalue weighted by Crippen LogP contribution is 2.39. The molecule has 6 nitrogen and oxygen atoms in total. The number of fused-ring (bicyclic) bond motifs is 1. The number of benzene rings is 1. The number of hydrogen-bond acceptors (Lipinski definition) is 6. The first-order valence-electron chi connectivity index (χ1n) is 14.6. The first-order valence-corrected chi connectivity index (χ1v) is 14.6. The van der Waals surface area contributed by atoms with E-state index in [1.54, 1.807) is 20.0 Å². The summed E-state index contributed by atoms with van der Waals surface area (Å²) in [7, 11) is 1.69. The summed E-state index contributed by atoms with van der Waals surface area (Å²) >= 11 is 0. The second-order valence-electron chi connectivity index (χ2n) is 11.9. The maximum Gasteiger partial charge on any atom is 0.416 e. The fourth-order valence-electron chi connectivity index (χ4n) is 6.39. The SMILES string of the molecule is C/C(=C\CC(F)(F)F)CN(C1CCCN(CC2CCCCCC2)c2cc(C(F)(F)F)c(C)cc2C1)C1N=NN(C)N1. The molecule has 0 aromatic heterocycles. The minimum atomic E-state index is -4.46. The average Bonchev–Trinajstić information content (AvgIpc) is 3.13. The Labute approximate surface area is 238 Å². The third-order valence-corrected chi connectivity index (χ3v) is 8.44. The lowest BCUT2D eigenvalue weighted by atomic mass is 9.91. The molecule has 1 aromatic rings. The highest BCUT2D eigenvalue weighted by molar-refractivity contribution is 5.59. The molecule has 3 aliphatic rings. The molecule has 4 rings (SSSR count). The Morgan fingerprint density at radius 2 is 1.76 bits per heavy atom. The smallest absolute Gasteiger partial charge is 0.371 e. The topological polar surface area (TPSA) is 46.5 Å². The first-order chi connectivity index (χ1) is 19.3. The second kappa shape index (κ2) is 13.3. The van der Waals surface area contributed by atoms with Crippen molar-refractivity contribution < 1.29 is 26.3 Å². The van der Waals surface area contributed by atoms with Crippen LogP contribution in [0.15, 0.2) is 34.1 Å². The van der Waals surface area contributed by atoms with Crippen molar-refractivity contribution in [3.05, 3.63) is 40.5 Å². The Bertz CT molecular complexity index is 1080. The van der Waals surface area contributed by atoms with Gasteiger partial charge in [0.05, 0.1) is 12.0 Å². The molecule has 1 aromatic carbocycles. The van der Waals surface area contributed by atoms with Gasteiger partial charge in [-0.05, 0) is 69.1 Å².